The van der Waals surface area contributed by atoms with E-state index >= 15 is 0 Å². The molecule has 2 rings (SSSR count). The zero-order chi connectivity index (χ0) is 15.1. The first kappa shape index (κ1) is 15.3. The summed E-state index contributed by atoms with van der Waals surface area (Å²) in [6, 6.07) is 10.5. The lowest BCUT2D eigenvalue weighted by atomic mass is 10.1. The first-order valence-electron chi connectivity index (χ1n) is 7.66. The van der Waals surface area contributed by atoms with Crippen molar-refractivity contribution in [3.63, 3.8) is 0 Å². The Morgan fingerprint density at radius 1 is 1.05 bits per heavy atom. The second kappa shape index (κ2) is 7.62. The first-order chi connectivity index (χ1) is 10.2. The van der Waals surface area contributed by atoms with Crippen molar-refractivity contribution in [2.45, 2.75) is 40.0 Å². The molecule has 0 aliphatic carbocycles. The van der Waals surface area contributed by atoms with Crippen molar-refractivity contribution in [3.05, 3.63) is 41.6 Å². The number of benzene rings is 1. The summed E-state index contributed by atoms with van der Waals surface area (Å²) in [4.78, 5) is 8.81. The Morgan fingerprint density at radius 2 is 1.81 bits per heavy atom. The molecule has 0 unspecified atom stereocenters. The zero-order valence-corrected chi connectivity index (χ0v) is 13.1. The molecule has 2 N–H and O–H groups in total. The molecular weight excluding hydrogens is 260 g/mol. The normalized spacial score (nSPS) is 10.4. The van der Waals surface area contributed by atoms with Gasteiger partial charge in [-0.25, -0.2) is 4.98 Å². The predicted octanol–water partition coefficient (Wildman–Crippen LogP) is 4.30. The van der Waals surface area contributed by atoms with E-state index in [9.17, 15) is 0 Å². The average Bonchev–Trinajstić information content (AvgIpc) is 2.46. The van der Waals surface area contributed by atoms with E-state index < -0.39 is 0 Å². The smallest absolute Gasteiger partial charge is 0.224 e. The van der Waals surface area contributed by atoms with Crippen LogP contribution in [-0.2, 0) is 6.42 Å². The molecule has 4 heteroatoms. The van der Waals surface area contributed by atoms with Gasteiger partial charge in [0.1, 0.15) is 5.82 Å². The summed E-state index contributed by atoms with van der Waals surface area (Å²) >= 11 is 0. The maximum atomic E-state index is 4.46. The van der Waals surface area contributed by atoms with Crippen molar-refractivity contribution < 1.29 is 0 Å². The van der Waals surface area contributed by atoms with Crippen LogP contribution in [0.25, 0.3) is 0 Å². The van der Waals surface area contributed by atoms with Crippen LogP contribution in [0.15, 0.2) is 30.3 Å². The summed E-state index contributed by atoms with van der Waals surface area (Å²) in [5, 5.41) is 6.48. The number of aryl methyl sites for hydroxylation is 2. The molecule has 21 heavy (non-hydrogen) atoms. The molecule has 0 aliphatic heterocycles. The van der Waals surface area contributed by atoms with Gasteiger partial charge in [-0.05, 0) is 44.4 Å². The monoisotopic (exact) mass is 284 g/mol. The van der Waals surface area contributed by atoms with Crippen LogP contribution >= 0.6 is 0 Å². The quantitative estimate of drug-likeness (QED) is 0.795. The van der Waals surface area contributed by atoms with Gasteiger partial charge in [-0.3, -0.25) is 0 Å². The fraction of sp³-hybridized carbons (Fsp3) is 0.412. The van der Waals surface area contributed by atoms with Crippen LogP contribution < -0.4 is 10.6 Å². The molecule has 0 amide bonds. The second-order valence-corrected chi connectivity index (χ2v) is 5.17. The molecule has 4 nitrogen and oxygen atoms in total. The van der Waals surface area contributed by atoms with Gasteiger partial charge in [0.2, 0.25) is 5.95 Å². The molecule has 0 bridgehead atoms. The number of rotatable bonds is 7. The molecule has 0 spiro atoms. The van der Waals surface area contributed by atoms with Crippen molar-refractivity contribution >= 4 is 17.5 Å². The SMILES string of the molecule is CCCCc1ccc(Nc2cc(C)nc(NCC)n2)cc1. The Labute approximate surface area is 127 Å². The Kier molecular flexibility index (Phi) is 5.55. The van der Waals surface area contributed by atoms with Gasteiger partial charge in [0.15, 0.2) is 0 Å². The molecule has 1 aromatic heterocycles. The van der Waals surface area contributed by atoms with E-state index in [-0.39, 0.29) is 0 Å². The van der Waals surface area contributed by atoms with Gasteiger partial charge in [-0.1, -0.05) is 25.5 Å². The average molecular weight is 284 g/mol. The van der Waals surface area contributed by atoms with Gasteiger partial charge in [-0.15, -0.1) is 0 Å². The molecule has 0 fully saturated rings. The standard InChI is InChI=1S/C17H24N4/c1-4-6-7-14-8-10-15(11-9-14)20-16-12-13(3)19-17(21-16)18-5-2/h8-12H,4-7H2,1-3H3,(H2,18,19,20,21). The minimum Gasteiger partial charge on any atom is -0.354 e. The van der Waals surface area contributed by atoms with Crippen molar-refractivity contribution in [1.82, 2.24) is 9.97 Å². The third kappa shape index (κ3) is 4.74. The number of hydrogen-bond donors (Lipinski definition) is 2. The van der Waals surface area contributed by atoms with Crippen LogP contribution in [0, 0.1) is 6.92 Å². The van der Waals surface area contributed by atoms with Gasteiger partial charge in [-0.2, -0.15) is 4.98 Å². The van der Waals surface area contributed by atoms with E-state index in [1.165, 1.54) is 18.4 Å². The number of nitrogens with zero attached hydrogens (tertiary/aromatic N) is 2. The molecule has 0 saturated heterocycles. The molecule has 1 aromatic carbocycles. The minimum atomic E-state index is 0.666. The molecule has 1 heterocycles. The summed E-state index contributed by atoms with van der Waals surface area (Å²) < 4.78 is 0. The zero-order valence-electron chi connectivity index (χ0n) is 13.1. The second-order valence-electron chi connectivity index (χ2n) is 5.17. The summed E-state index contributed by atoms with van der Waals surface area (Å²) in [6.45, 7) is 7.04. The Balaban J connectivity index is 2.07. The van der Waals surface area contributed by atoms with E-state index in [0.29, 0.717) is 5.95 Å². The lowest BCUT2D eigenvalue weighted by Gasteiger charge is -2.09. The lowest BCUT2D eigenvalue weighted by Crippen LogP contribution is -2.05. The summed E-state index contributed by atoms with van der Waals surface area (Å²) in [6.07, 6.45) is 3.62. The van der Waals surface area contributed by atoms with E-state index in [1.54, 1.807) is 0 Å². The Morgan fingerprint density at radius 3 is 2.48 bits per heavy atom. The Bertz CT molecular complexity index is 564. The highest BCUT2D eigenvalue weighted by atomic mass is 15.1. The van der Waals surface area contributed by atoms with Crippen molar-refractivity contribution in [1.29, 1.82) is 0 Å². The van der Waals surface area contributed by atoms with Crippen LogP contribution in [0.3, 0.4) is 0 Å². The first-order valence-corrected chi connectivity index (χ1v) is 7.66. The van der Waals surface area contributed by atoms with E-state index in [1.807, 2.05) is 19.9 Å². The molecule has 0 atom stereocenters. The van der Waals surface area contributed by atoms with Gasteiger partial charge >= 0.3 is 0 Å². The fourth-order valence-electron chi connectivity index (χ4n) is 2.15. The highest BCUT2D eigenvalue weighted by Crippen LogP contribution is 2.18. The molecule has 0 saturated carbocycles. The highest BCUT2D eigenvalue weighted by molar-refractivity contribution is 5.57. The Hall–Kier alpha value is -2.10. The number of anilines is 3. The fourth-order valence-corrected chi connectivity index (χ4v) is 2.15. The largest absolute Gasteiger partial charge is 0.354 e. The summed E-state index contributed by atoms with van der Waals surface area (Å²) in [5.41, 5.74) is 3.38. The molecule has 0 radical (unpaired) electrons. The van der Waals surface area contributed by atoms with E-state index in [0.717, 1.165) is 30.2 Å². The topological polar surface area (TPSA) is 49.8 Å². The maximum absolute atomic E-state index is 4.46. The van der Waals surface area contributed by atoms with Crippen molar-refractivity contribution in [2.24, 2.45) is 0 Å². The van der Waals surface area contributed by atoms with Crippen LogP contribution in [-0.4, -0.2) is 16.5 Å². The lowest BCUT2D eigenvalue weighted by molar-refractivity contribution is 0.795. The third-order valence-corrected chi connectivity index (χ3v) is 3.23. The molecular formula is C17H24N4. The van der Waals surface area contributed by atoms with Gasteiger partial charge in [0.25, 0.3) is 0 Å². The van der Waals surface area contributed by atoms with Crippen LogP contribution in [0.5, 0.6) is 0 Å². The maximum Gasteiger partial charge on any atom is 0.224 e. The minimum absolute atomic E-state index is 0.666. The van der Waals surface area contributed by atoms with Crippen LogP contribution in [0.4, 0.5) is 17.5 Å². The van der Waals surface area contributed by atoms with Gasteiger partial charge < -0.3 is 10.6 Å². The molecule has 112 valence electrons. The van der Waals surface area contributed by atoms with Crippen LogP contribution in [0.2, 0.25) is 0 Å². The van der Waals surface area contributed by atoms with E-state index in [2.05, 4.69) is 51.8 Å². The van der Waals surface area contributed by atoms with Crippen molar-refractivity contribution in [2.75, 3.05) is 17.2 Å². The highest BCUT2D eigenvalue weighted by Gasteiger charge is 2.02. The van der Waals surface area contributed by atoms with E-state index in [4.69, 9.17) is 0 Å². The predicted molar refractivity (Wildman–Crippen MR) is 89.3 cm³/mol. The summed E-state index contributed by atoms with van der Waals surface area (Å²) in [5.74, 6) is 1.49. The van der Waals surface area contributed by atoms with Gasteiger partial charge in [0.05, 0.1) is 0 Å². The number of unbranched alkanes of at least 4 members (excludes halogenated alkanes) is 1. The molecule has 0 aliphatic rings. The molecule has 2 aromatic rings. The number of nitrogens with one attached hydrogen (secondary N) is 2. The summed E-state index contributed by atoms with van der Waals surface area (Å²) in [7, 11) is 0. The number of aromatic nitrogens is 2. The third-order valence-electron chi connectivity index (χ3n) is 3.23. The number of hydrogen-bond acceptors (Lipinski definition) is 4. The van der Waals surface area contributed by atoms with Crippen molar-refractivity contribution in [3.8, 4) is 0 Å². The van der Waals surface area contributed by atoms with Gasteiger partial charge in [0, 0.05) is 24.0 Å². The van der Waals surface area contributed by atoms with Crippen LogP contribution in [0.1, 0.15) is 37.9 Å².